The Bertz CT molecular complexity index is 557. The first-order valence-electron chi connectivity index (χ1n) is 6.27. The van der Waals surface area contributed by atoms with Gasteiger partial charge in [0, 0.05) is 0 Å². The predicted molar refractivity (Wildman–Crippen MR) is 76.9 cm³/mol. The van der Waals surface area contributed by atoms with Crippen molar-refractivity contribution in [1.82, 2.24) is 0 Å². The summed E-state index contributed by atoms with van der Waals surface area (Å²) in [4.78, 5) is 0.0684. The Morgan fingerprint density at radius 3 is 2.26 bits per heavy atom. The predicted octanol–water partition coefficient (Wildman–Crippen LogP) is 2.77. The number of rotatable bonds is 4. The molecule has 1 aromatic carbocycles. The highest BCUT2D eigenvalue weighted by molar-refractivity contribution is 7.89. The van der Waals surface area contributed by atoms with E-state index in [1.165, 1.54) is 0 Å². The third-order valence-electron chi connectivity index (χ3n) is 2.79. The van der Waals surface area contributed by atoms with E-state index in [9.17, 15) is 8.42 Å². The van der Waals surface area contributed by atoms with Crippen molar-refractivity contribution in [1.29, 1.82) is 0 Å². The molecule has 0 aliphatic carbocycles. The molecule has 0 aromatic heterocycles. The average Bonchev–Trinajstić information content (AvgIpc) is 2.17. The number of ether oxygens (including phenoxy) is 1. The molecular formula is C14H23NO3S. The second-order valence-corrected chi connectivity index (χ2v) is 7.64. The van der Waals surface area contributed by atoms with Crippen molar-refractivity contribution in [3.8, 4) is 5.75 Å². The molecule has 0 radical (unpaired) electrons. The second-order valence-electron chi connectivity index (χ2n) is 6.11. The van der Waals surface area contributed by atoms with E-state index in [2.05, 4.69) is 20.8 Å². The zero-order chi connectivity index (χ0) is 14.8. The van der Waals surface area contributed by atoms with Crippen LogP contribution >= 0.6 is 0 Å². The lowest BCUT2D eigenvalue weighted by Gasteiger charge is -2.20. The van der Waals surface area contributed by atoms with Gasteiger partial charge in [-0.05, 0) is 42.9 Å². The summed E-state index contributed by atoms with van der Waals surface area (Å²) in [5, 5.41) is 5.25. The Hall–Kier alpha value is -1.07. The molecule has 0 bridgehead atoms. The van der Waals surface area contributed by atoms with Crippen molar-refractivity contribution >= 4 is 10.0 Å². The quantitative estimate of drug-likeness (QED) is 0.924. The number of nitrogens with two attached hydrogens (primary N) is 1. The number of hydrogen-bond donors (Lipinski definition) is 1. The summed E-state index contributed by atoms with van der Waals surface area (Å²) in [6.07, 6.45) is 0.838. The molecule has 0 unspecified atom stereocenters. The van der Waals surface area contributed by atoms with Gasteiger partial charge in [-0.1, -0.05) is 26.8 Å². The summed E-state index contributed by atoms with van der Waals surface area (Å²) in [6, 6.07) is 3.44. The van der Waals surface area contributed by atoms with Crippen LogP contribution in [-0.2, 0) is 10.0 Å². The summed E-state index contributed by atoms with van der Waals surface area (Å²) in [5.41, 5.74) is 1.78. The van der Waals surface area contributed by atoms with Crippen LogP contribution in [0.1, 0.15) is 38.3 Å². The summed E-state index contributed by atoms with van der Waals surface area (Å²) in [7, 11) is -3.77. The van der Waals surface area contributed by atoms with Crippen LogP contribution in [0.3, 0.4) is 0 Å². The molecule has 0 fully saturated rings. The number of aryl methyl sites for hydroxylation is 2. The van der Waals surface area contributed by atoms with Crippen LogP contribution < -0.4 is 9.88 Å². The van der Waals surface area contributed by atoms with E-state index in [0.717, 1.165) is 17.5 Å². The highest BCUT2D eigenvalue weighted by Gasteiger charge is 2.19. The number of hydrogen-bond acceptors (Lipinski definition) is 3. The largest absolute Gasteiger partial charge is 0.492 e. The van der Waals surface area contributed by atoms with Crippen molar-refractivity contribution < 1.29 is 13.2 Å². The summed E-state index contributed by atoms with van der Waals surface area (Å²) < 4.78 is 28.9. The minimum Gasteiger partial charge on any atom is -0.492 e. The van der Waals surface area contributed by atoms with Crippen LogP contribution in [0.15, 0.2) is 17.0 Å². The topological polar surface area (TPSA) is 69.4 Å². The minimum absolute atomic E-state index is 0.0684. The first-order valence-corrected chi connectivity index (χ1v) is 7.82. The van der Waals surface area contributed by atoms with E-state index >= 15 is 0 Å². The lowest BCUT2D eigenvalue weighted by Crippen LogP contribution is -2.17. The molecule has 0 amide bonds. The molecule has 4 nitrogen and oxygen atoms in total. The third kappa shape index (κ3) is 4.84. The Labute approximate surface area is 116 Å². The molecule has 19 heavy (non-hydrogen) atoms. The smallest absolute Gasteiger partial charge is 0.241 e. The van der Waals surface area contributed by atoms with E-state index in [0.29, 0.717) is 12.4 Å². The van der Waals surface area contributed by atoms with Gasteiger partial charge >= 0.3 is 0 Å². The first-order chi connectivity index (χ1) is 8.50. The van der Waals surface area contributed by atoms with Gasteiger partial charge in [-0.3, -0.25) is 0 Å². The maximum atomic E-state index is 11.6. The van der Waals surface area contributed by atoms with Crippen molar-refractivity contribution in [2.45, 2.75) is 45.9 Å². The first kappa shape index (κ1) is 16.0. The fraction of sp³-hybridized carbons (Fsp3) is 0.571. The highest BCUT2D eigenvalue weighted by atomic mass is 32.2. The van der Waals surface area contributed by atoms with Gasteiger partial charge in [-0.25, -0.2) is 13.6 Å². The fourth-order valence-electron chi connectivity index (χ4n) is 1.77. The zero-order valence-electron chi connectivity index (χ0n) is 12.3. The summed E-state index contributed by atoms with van der Waals surface area (Å²) in [6.45, 7) is 10.5. The Balaban J connectivity index is 3.06. The molecular weight excluding hydrogens is 262 g/mol. The molecule has 108 valence electrons. The molecule has 5 heteroatoms. The minimum atomic E-state index is -3.77. The van der Waals surface area contributed by atoms with Gasteiger partial charge in [0.05, 0.1) is 6.61 Å². The van der Waals surface area contributed by atoms with Crippen LogP contribution in [0.25, 0.3) is 0 Å². The normalized spacial score (nSPS) is 12.5. The zero-order valence-corrected chi connectivity index (χ0v) is 13.1. The fourth-order valence-corrected chi connectivity index (χ4v) is 2.60. The molecule has 0 heterocycles. The monoisotopic (exact) mass is 285 g/mol. The van der Waals surface area contributed by atoms with Gasteiger partial charge in [-0.15, -0.1) is 0 Å². The van der Waals surface area contributed by atoms with Gasteiger partial charge < -0.3 is 4.74 Å². The van der Waals surface area contributed by atoms with E-state index in [4.69, 9.17) is 9.88 Å². The number of primary sulfonamides is 1. The molecule has 0 saturated carbocycles. The number of benzene rings is 1. The van der Waals surface area contributed by atoms with E-state index in [-0.39, 0.29) is 10.3 Å². The highest BCUT2D eigenvalue weighted by Crippen LogP contribution is 2.29. The van der Waals surface area contributed by atoms with E-state index in [1.54, 1.807) is 6.07 Å². The van der Waals surface area contributed by atoms with Gasteiger partial charge in [0.15, 0.2) is 0 Å². The van der Waals surface area contributed by atoms with Crippen molar-refractivity contribution in [2.24, 2.45) is 10.6 Å². The average molecular weight is 285 g/mol. The lowest BCUT2D eigenvalue weighted by molar-refractivity contribution is 0.237. The van der Waals surface area contributed by atoms with E-state index < -0.39 is 10.0 Å². The van der Waals surface area contributed by atoms with Gasteiger partial charge in [0.25, 0.3) is 0 Å². The summed E-state index contributed by atoms with van der Waals surface area (Å²) >= 11 is 0. The second kappa shape index (κ2) is 5.51. The molecule has 0 aliphatic rings. The van der Waals surface area contributed by atoms with Gasteiger partial charge in [0.2, 0.25) is 10.0 Å². The van der Waals surface area contributed by atoms with Crippen molar-refractivity contribution in [2.75, 3.05) is 6.61 Å². The molecule has 0 atom stereocenters. The Morgan fingerprint density at radius 2 is 1.79 bits per heavy atom. The molecule has 0 spiro atoms. The molecule has 2 N–H and O–H groups in total. The van der Waals surface area contributed by atoms with Crippen LogP contribution in [0.2, 0.25) is 0 Å². The summed E-state index contributed by atoms with van der Waals surface area (Å²) in [5.74, 6) is 0.373. The van der Waals surface area contributed by atoms with Gasteiger partial charge in [-0.2, -0.15) is 0 Å². The third-order valence-corrected chi connectivity index (χ3v) is 3.71. The van der Waals surface area contributed by atoms with Crippen LogP contribution in [0.5, 0.6) is 5.75 Å². The van der Waals surface area contributed by atoms with Crippen molar-refractivity contribution in [3.05, 3.63) is 23.3 Å². The SMILES string of the molecule is Cc1cc(C)c(OCCC(C)(C)C)c(S(N)(=O)=O)c1. The van der Waals surface area contributed by atoms with Crippen LogP contribution in [0.4, 0.5) is 0 Å². The van der Waals surface area contributed by atoms with E-state index in [1.807, 2.05) is 19.9 Å². The van der Waals surface area contributed by atoms with Crippen molar-refractivity contribution in [3.63, 3.8) is 0 Å². The van der Waals surface area contributed by atoms with Crippen LogP contribution in [-0.4, -0.2) is 15.0 Å². The van der Waals surface area contributed by atoms with Gasteiger partial charge in [0.1, 0.15) is 10.6 Å². The number of sulfonamides is 1. The standard InChI is InChI=1S/C14H23NO3S/c1-10-8-11(2)13(12(9-10)19(15,16)17)18-7-6-14(3,4)5/h8-9H,6-7H2,1-5H3,(H2,15,16,17). The Kier molecular flexibility index (Phi) is 4.63. The maximum absolute atomic E-state index is 11.6. The molecule has 1 aromatic rings. The maximum Gasteiger partial charge on any atom is 0.241 e. The lowest BCUT2D eigenvalue weighted by atomic mass is 9.93. The molecule has 0 aliphatic heterocycles. The molecule has 1 rings (SSSR count). The van der Waals surface area contributed by atoms with Crippen LogP contribution in [0, 0.1) is 19.3 Å². The Morgan fingerprint density at radius 1 is 1.21 bits per heavy atom. The molecule has 0 saturated heterocycles.